The summed E-state index contributed by atoms with van der Waals surface area (Å²) in [6.07, 6.45) is 6.94. The Kier molecular flexibility index (Phi) is 3.93. The lowest BCUT2D eigenvalue weighted by atomic mass is 9.93. The molecule has 2 aromatic rings. The Morgan fingerprint density at radius 3 is 2.85 bits per heavy atom. The van der Waals surface area contributed by atoms with Crippen LogP contribution in [0.2, 0.25) is 0 Å². The maximum absolute atomic E-state index is 10.2. The van der Waals surface area contributed by atoms with E-state index in [2.05, 4.69) is 25.4 Å². The van der Waals surface area contributed by atoms with Gasteiger partial charge >= 0.3 is 0 Å². The number of fused-ring (bicyclic) bond motifs is 1. The van der Waals surface area contributed by atoms with Crippen molar-refractivity contribution in [2.24, 2.45) is 13.0 Å². The minimum atomic E-state index is -0.350. The van der Waals surface area contributed by atoms with Crippen molar-refractivity contribution in [3.8, 4) is 11.5 Å². The predicted octanol–water partition coefficient (Wildman–Crippen LogP) is 0.775. The molecule has 0 spiro atoms. The van der Waals surface area contributed by atoms with Gasteiger partial charge in [-0.1, -0.05) is 18.1 Å². The summed E-state index contributed by atoms with van der Waals surface area (Å²) < 4.78 is 9.56. The van der Waals surface area contributed by atoms with E-state index in [1.54, 1.807) is 4.68 Å². The van der Waals surface area contributed by atoms with Gasteiger partial charge in [-0.15, -0.1) is 15.3 Å². The van der Waals surface area contributed by atoms with Crippen molar-refractivity contribution in [3.63, 3.8) is 0 Å². The van der Waals surface area contributed by atoms with Crippen LogP contribution >= 0.6 is 0 Å². The molecule has 2 aromatic heterocycles. The Morgan fingerprint density at radius 2 is 2.00 bits per heavy atom. The smallest absolute Gasteiger partial charge is 0.227 e. The van der Waals surface area contributed by atoms with Gasteiger partial charge in [0.05, 0.1) is 24.4 Å². The number of aromatic nitrogens is 6. The highest BCUT2D eigenvalue weighted by atomic mass is 16.5. The highest BCUT2D eigenvalue weighted by molar-refractivity contribution is 5.51. The molecule has 140 valence electrons. The highest BCUT2D eigenvalue weighted by Gasteiger charge is 2.39. The fourth-order valence-corrected chi connectivity index (χ4v) is 4.60. The molecule has 0 aromatic carbocycles. The minimum Gasteiger partial charge on any atom is -0.391 e. The first-order chi connectivity index (χ1) is 12.7. The maximum atomic E-state index is 10.2. The van der Waals surface area contributed by atoms with Crippen LogP contribution in [0.1, 0.15) is 38.1 Å². The standard InChI is InChI=1S/C17H25N7O2/c1-22-16(12-9-24(21-18-12)13-4-2-3-5-14(13)25)19-20-17(22)23-8-11-6-7-26-15(11)10-23/h9,11,13-15,25H,2-8,10H2,1H3/t11-,13+,14+,15+/m0/s1. The zero-order valence-corrected chi connectivity index (χ0v) is 15.0. The summed E-state index contributed by atoms with van der Waals surface area (Å²) in [5.74, 6) is 2.16. The zero-order chi connectivity index (χ0) is 17.7. The zero-order valence-electron chi connectivity index (χ0n) is 15.0. The fourth-order valence-electron chi connectivity index (χ4n) is 4.60. The van der Waals surface area contributed by atoms with Gasteiger partial charge in [-0.3, -0.25) is 4.57 Å². The van der Waals surface area contributed by atoms with E-state index in [0.717, 1.165) is 57.7 Å². The Labute approximate surface area is 152 Å². The molecule has 0 unspecified atom stereocenters. The van der Waals surface area contributed by atoms with Crippen molar-refractivity contribution >= 4 is 5.95 Å². The number of aliphatic hydroxyl groups excluding tert-OH is 1. The molecule has 4 atom stereocenters. The molecule has 2 aliphatic heterocycles. The number of anilines is 1. The molecule has 3 aliphatic rings. The maximum Gasteiger partial charge on any atom is 0.227 e. The van der Waals surface area contributed by atoms with Gasteiger partial charge in [-0.2, -0.15) is 0 Å². The van der Waals surface area contributed by atoms with E-state index in [9.17, 15) is 5.11 Å². The molecule has 2 saturated heterocycles. The summed E-state index contributed by atoms with van der Waals surface area (Å²) in [4.78, 5) is 2.25. The lowest BCUT2D eigenvalue weighted by Crippen LogP contribution is -2.27. The normalized spacial score (nSPS) is 31.5. The van der Waals surface area contributed by atoms with E-state index in [4.69, 9.17) is 4.74 Å². The number of nitrogens with zero attached hydrogens (tertiary/aromatic N) is 7. The van der Waals surface area contributed by atoms with Crippen LogP contribution in [-0.2, 0) is 11.8 Å². The Hall–Kier alpha value is -2.00. The van der Waals surface area contributed by atoms with Crippen molar-refractivity contribution in [2.75, 3.05) is 24.6 Å². The van der Waals surface area contributed by atoms with Crippen LogP contribution in [-0.4, -0.2) is 66.8 Å². The molecule has 1 saturated carbocycles. The lowest BCUT2D eigenvalue weighted by molar-refractivity contribution is 0.0685. The van der Waals surface area contributed by atoms with Gasteiger partial charge < -0.3 is 14.7 Å². The third-order valence-electron chi connectivity index (χ3n) is 6.11. The van der Waals surface area contributed by atoms with E-state index in [1.807, 2.05) is 17.8 Å². The first kappa shape index (κ1) is 16.2. The quantitative estimate of drug-likeness (QED) is 0.865. The molecule has 26 heavy (non-hydrogen) atoms. The summed E-state index contributed by atoms with van der Waals surface area (Å²) in [7, 11) is 1.97. The average molecular weight is 359 g/mol. The van der Waals surface area contributed by atoms with Crippen LogP contribution in [0.25, 0.3) is 11.5 Å². The van der Waals surface area contributed by atoms with Gasteiger partial charge in [0.15, 0.2) is 11.5 Å². The monoisotopic (exact) mass is 359 g/mol. The second kappa shape index (κ2) is 6.31. The Balaban J connectivity index is 1.37. The molecule has 3 fully saturated rings. The van der Waals surface area contributed by atoms with Gasteiger partial charge in [0.2, 0.25) is 5.95 Å². The summed E-state index contributed by atoms with van der Waals surface area (Å²) in [5, 5.41) is 27.5. The second-order valence-corrected chi connectivity index (χ2v) is 7.75. The van der Waals surface area contributed by atoms with Crippen molar-refractivity contribution in [3.05, 3.63) is 6.20 Å². The summed E-state index contributed by atoms with van der Waals surface area (Å²) >= 11 is 0. The molecule has 0 bridgehead atoms. The van der Waals surface area contributed by atoms with Crippen molar-refractivity contribution < 1.29 is 9.84 Å². The second-order valence-electron chi connectivity index (χ2n) is 7.75. The summed E-state index contributed by atoms with van der Waals surface area (Å²) in [6.45, 7) is 2.72. The van der Waals surface area contributed by atoms with E-state index < -0.39 is 0 Å². The van der Waals surface area contributed by atoms with Gasteiger partial charge in [0, 0.05) is 32.7 Å². The Bertz CT molecular complexity index is 776. The molecular formula is C17H25N7O2. The van der Waals surface area contributed by atoms with E-state index >= 15 is 0 Å². The molecule has 9 nitrogen and oxygen atoms in total. The topological polar surface area (TPSA) is 94.1 Å². The van der Waals surface area contributed by atoms with E-state index in [-0.39, 0.29) is 12.1 Å². The Morgan fingerprint density at radius 1 is 1.12 bits per heavy atom. The van der Waals surface area contributed by atoms with Crippen molar-refractivity contribution in [1.82, 2.24) is 29.8 Å². The molecule has 9 heteroatoms. The van der Waals surface area contributed by atoms with Crippen molar-refractivity contribution in [1.29, 1.82) is 0 Å². The molecule has 1 N–H and O–H groups in total. The van der Waals surface area contributed by atoms with Gasteiger partial charge in [-0.05, 0) is 19.3 Å². The number of hydrogen-bond acceptors (Lipinski definition) is 7. The van der Waals surface area contributed by atoms with E-state index in [1.165, 1.54) is 0 Å². The van der Waals surface area contributed by atoms with Crippen molar-refractivity contribution in [2.45, 2.75) is 50.4 Å². The molecular weight excluding hydrogens is 334 g/mol. The van der Waals surface area contributed by atoms with Crippen LogP contribution in [0.3, 0.4) is 0 Å². The molecule has 1 aliphatic carbocycles. The van der Waals surface area contributed by atoms with Crippen LogP contribution in [0.15, 0.2) is 6.20 Å². The predicted molar refractivity (Wildman–Crippen MR) is 93.6 cm³/mol. The third kappa shape index (κ3) is 2.61. The minimum absolute atomic E-state index is 0.00723. The molecule has 0 amide bonds. The molecule has 4 heterocycles. The van der Waals surface area contributed by atoms with Gasteiger partial charge in [-0.25, -0.2) is 4.68 Å². The highest BCUT2D eigenvalue weighted by Crippen LogP contribution is 2.33. The fraction of sp³-hybridized carbons (Fsp3) is 0.765. The summed E-state index contributed by atoms with van der Waals surface area (Å²) in [5.41, 5.74) is 0.694. The lowest BCUT2D eigenvalue weighted by Gasteiger charge is -2.27. The molecule has 0 radical (unpaired) electrons. The molecule has 5 rings (SSSR count). The van der Waals surface area contributed by atoms with Gasteiger partial charge in [0.25, 0.3) is 0 Å². The van der Waals surface area contributed by atoms with Crippen LogP contribution in [0, 0.1) is 5.92 Å². The average Bonchev–Trinajstić information content (AvgIpc) is 3.37. The van der Waals surface area contributed by atoms with Crippen LogP contribution in [0.4, 0.5) is 5.95 Å². The number of aliphatic hydroxyl groups is 1. The largest absolute Gasteiger partial charge is 0.391 e. The van der Waals surface area contributed by atoms with Crippen LogP contribution < -0.4 is 4.90 Å². The van der Waals surface area contributed by atoms with E-state index in [0.29, 0.717) is 23.5 Å². The van der Waals surface area contributed by atoms with Gasteiger partial charge in [0.1, 0.15) is 0 Å². The number of ether oxygens (including phenoxy) is 1. The van der Waals surface area contributed by atoms with Crippen LogP contribution in [0.5, 0.6) is 0 Å². The third-order valence-corrected chi connectivity index (χ3v) is 6.11. The first-order valence-electron chi connectivity index (χ1n) is 9.57. The SMILES string of the molecule is Cn1c(-c2cn([C@@H]3CCCC[C@H]3O)nn2)nnc1N1C[C@@H]2CCO[C@@H]2C1. The first-order valence-corrected chi connectivity index (χ1v) is 9.57. The summed E-state index contributed by atoms with van der Waals surface area (Å²) in [6, 6.07) is 0.00723. The number of hydrogen-bond donors (Lipinski definition) is 1. The number of rotatable bonds is 3.